The summed E-state index contributed by atoms with van der Waals surface area (Å²) >= 11 is 0. The molecule has 176 valence electrons. The Labute approximate surface area is 198 Å². The molecular weight excluding hydrogens is 452 g/mol. The molecule has 5 rings (SSSR count). The van der Waals surface area contributed by atoms with Crippen LogP contribution in [0.25, 0.3) is 21.7 Å². The van der Waals surface area contributed by atoms with Gasteiger partial charge in [0, 0.05) is 40.3 Å². The molecule has 1 aliphatic carbocycles. The molecule has 0 amide bonds. The number of nitro benzene ring substituents is 1. The average Bonchev–Trinajstić information content (AvgIpc) is 3.16. The summed E-state index contributed by atoms with van der Waals surface area (Å²) in [5.41, 5.74) is 2.22. The molecule has 0 unspecified atom stereocenters. The molecule has 1 N–H and O–H groups in total. The Balaban J connectivity index is 1.65. The highest BCUT2D eigenvalue weighted by atomic mass is 32.2. The van der Waals surface area contributed by atoms with Crippen molar-refractivity contribution in [3.05, 3.63) is 76.0 Å². The topological polar surface area (TPSA) is 102 Å². The number of furan rings is 1. The average molecular weight is 479 g/mol. The molecule has 0 saturated carbocycles. The number of nitrogens with one attached hydrogen (secondary N) is 1. The second-order valence-corrected chi connectivity index (χ2v) is 11.7. The van der Waals surface area contributed by atoms with E-state index in [-0.39, 0.29) is 16.0 Å². The summed E-state index contributed by atoms with van der Waals surface area (Å²) < 4.78 is 35.4. The van der Waals surface area contributed by atoms with Crippen molar-refractivity contribution >= 4 is 43.1 Å². The number of hydrogen-bond donors (Lipinski definition) is 1. The summed E-state index contributed by atoms with van der Waals surface area (Å²) in [6.45, 7) is 6.75. The third kappa shape index (κ3) is 3.81. The van der Waals surface area contributed by atoms with Crippen LogP contribution < -0.4 is 4.72 Å². The lowest BCUT2D eigenvalue weighted by atomic mass is 9.71. The van der Waals surface area contributed by atoms with Crippen LogP contribution in [0.4, 0.5) is 11.4 Å². The Morgan fingerprint density at radius 1 is 1.03 bits per heavy atom. The molecule has 4 aromatic rings. The van der Waals surface area contributed by atoms with Crippen molar-refractivity contribution < 1.29 is 17.8 Å². The maximum atomic E-state index is 13.2. The van der Waals surface area contributed by atoms with Gasteiger partial charge in [-0.15, -0.1) is 0 Å². The van der Waals surface area contributed by atoms with Gasteiger partial charge in [0.15, 0.2) is 0 Å². The normalized spacial score (nSPS) is 16.5. The maximum Gasteiger partial charge on any atom is 0.270 e. The molecule has 0 fully saturated rings. The predicted molar refractivity (Wildman–Crippen MR) is 133 cm³/mol. The van der Waals surface area contributed by atoms with Gasteiger partial charge in [0.2, 0.25) is 0 Å². The van der Waals surface area contributed by atoms with Gasteiger partial charge >= 0.3 is 0 Å². The summed E-state index contributed by atoms with van der Waals surface area (Å²) in [5.74, 6) is 1.47. The van der Waals surface area contributed by atoms with Crippen molar-refractivity contribution in [1.82, 2.24) is 0 Å². The second-order valence-electron chi connectivity index (χ2n) is 10.0. The van der Waals surface area contributed by atoms with Gasteiger partial charge in [0.05, 0.1) is 15.5 Å². The lowest BCUT2D eigenvalue weighted by molar-refractivity contribution is -0.385. The summed E-state index contributed by atoms with van der Waals surface area (Å²) in [5, 5.41) is 13.6. The molecule has 1 aliphatic rings. The van der Waals surface area contributed by atoms with Gasteiger partial charge in [-0.2, -0.15) is 0 Å². The molecule has 0 radical (unpaired) electrons. The molecule has 1 aromatic heterocycles. The first-order valence-electron chi connectivity index (χ1n) is 11.3. The summed E-state index contributed by atoms with van der Waals surface area (Å²) in [6.07, 6.45) is 2.79. The fraction of sp³-hybridized carbons (Fsp3) is 0.308. The molecule has 1 heterocycles. The number of benzene rings is 3. The van der Waals surface area contributed by atoms with E-state index in [9.17, 15) is 18.5 Å². The van der Waals surface area contributed by atoms with Gasteiger partial charge in [0.25, 0.3) is 15.7 Å². The van der Waals surface area contributed by atoms with Gasteiger partial charge in [0.1, 0.15) is 11.3 Å². The van der Waals surface area contributed by atoms with E-state index >= 15 is 0 Å². The largest absolute Gasteiger partial charge is 0.460 e. The molecule has 0 aliphatic heterocycles. The fourth-order valence-electron chi connectivity index (χ4n) is 4.89. The van der Waals surface area contributed by atoms with Crippen molar-refractivity contribution in [3.8, 4) is 0 Å². The van der Waals surface area contributed by atoms with Crippen LogP contribution in [-0.2, 0) is 22.9 Å². The van der Waals surface area contributed by atoms with E-state index in [2.05, 4.69) is 25.5 Å². The third-order valence-corrected chi connectivity index (χ3v) is 8.22. The monoisotopic (exact) mass is 478 g/mol. The number of non-ortho nitro benzene ring substituents is 1. The Morgan fingerprint density at radius 3 is 2.47 bits per heavy atom. The first-order valence-corrected chi connectivity index (χ1v) is 12.8. The van der Waals surface area contributed by atoms with E-state index in [0.717, 1.165) is 53.0 Å². The lowest BCUT2D eigenvalue weighted by Crippen LogP contribution is -2.26. The molecule has 3 aromatic carbocycles. The molecule has 0 bridgehead atoms. The fourth-order valence-corrected chi connectivity index (χ4v) is 6.00. The standard InChI is InChI=1S/C26H26N2O5S/c1-26(2,3)16-11-12-24-21(13-16)22-15-23(19-9-4-5-10-20(19)25(22)33-24)27-34(31,32)18-8-6-7-17(14-18)28(29)30/h4-10,14-16,27H,11-13H2,1-3H3/t16-/m0/s1. The van der Waals surface area contributed by atoms with Gasteiger partial charge in [-0.3, -0.25) is 14.8 Å². The number of rotatable bonds is 4. The van der Waals surface area contributed by atoms with Crippen LogP contribution >= 0.6 is 0 Å². The van der Waals surface area contributed by atoms with E-state index < -0.39 is 14.9 Å². The van der Waals surface area contributed by atoms with Gasteiger partial charge in [-0.1, -0.05) is 51.1 Å². The van der Waals surface area contributed by atoms with Crippen LogP contribution in [0.3, 0.4) is 0 Å². The van der Waals surface area contributed by atoms with Crippen LogP contribution in [0.2, 0.25) is 0 Å². The first-order chi connectivity index (χ1) is 16.0. The Hall–Kier alpha value is -3.39. The first kappa shape index (κ1) is 22.4. The summed E-state index contributed by atoms with van der Waals surface area (Å²) in [7, 11) is -4.05. The molecule has 7 nitrogen and oxygen atoms in total. The highest BCUT2D eigenvalue weighted by Crippen LogP contribution is 2.44. The van der Waals surface area contributed by atoms with Crippen LogP contribution in [0.15, 0.2) is 63.9 Å². The number of sulfonamides is 1. The van der Waals surface area contributed by atoms with Gasteiger partial charge in [-0.05, 0) is 36.3 Å². The lowest BCUT2D eigenvalue weighted by Gasteiger charge is -2.33. The van der Waals surface area contributed by atoms with Gasteiger partial charge in [-0.25, -0.2) is 8.42 Å². The minimum Gasteiger partial charge on any atom is -0.460 e. The Morgan fingerprint density at radius 2 is 1.76 bits per heavy atom. The summed E-state index contributed by atoms with van der Waals surface area (Å²) in [4.78, 5) is 10.4. The van der Waals surface area contributed by atoms with Crippen molar-refractivity contribution in [2.45, 2.75) is 44.9 Å². The molecule has 1 atom stereocenters. The van der Waals surface area contributed by atoms with Crippen molar-refractivity contribution in [2.24, 2.45) is 11.3 Å². The number of fused-ring (bicyclic) bond motifs is 5. The smallest absolute Gasteiger partial charge is 0.270 e. The van der Waals surface area contributed by atoms with Crippen LogP contribution in [0.5, 0.6) is 0 Å². The zero-order chi connectivity index (χ0) is 24.3. The molecular formula is C26H26N2O5S. The molecule has 34 heavy (non-hydrogen) atoms. The van der Waals surface area contributed by atoms with Gasteiger partial charge < -0.3 is 4.42 Å². The van der Waals surface area contributed by atoms with E-state index in [1.54, 1.807) is 0 Å². The van der Waals surface area contributed by atoms with E-state index in [4.69, 9.17) is 4.42 Å². The number of nitro groups is 1. The predicted octanol–water partition coefficient (Wildman–Crippen LogP) is 6.45. The Kier molecular flexibility index (Phi) is 5.16. The highest BCUT2D eigenvalue weighted by Gasteiger charge is 2.32. The molecule has 0 saturated heterocycles. The van der Waals surface area contributed by atoms with Crippen LogP contribution in [0, 0.1) is 21.4 Å². The van der Waals surface area contributed by atoms with E-state index in [1.807, 2.05) is 30.3 Å². The van der Waals surface area contributed by atoms with E-state index in [1.165, 1.54) is 18.2 Å². The third-order valence-electron chi connectivity index (χ3n) is 6.86. The zero-order valence-corrected chi connectivity index (χ0v) is 20.1. The van der Waals surface area contributed by atoms with Crippen LogP contribution in [-0.4, -0.2) is 13.3 Å². The SMILES string of the molecule is CC(C)(C)[C@H]1CCc2oc3c(cc(NS(=O)(=O)c4cccc([N+](=O)[O-])c4)c4ccccc43)c2C1. The minimum absolute atomic E-state index is 0.157. The quantitative estimate of drug-likeness (QED) is 0.268. The van der Waals surface area contributed by atoms with Crippen molar-refractivity contribution in [2.75, 3.05) is 4.72 Å². The zero-order valence-electron chi connectivity index (χ0n) is 19.3. The summed E-state index contributed by atoms with van der Waals surface area (Å²) in [6, 6.07) is 14.4. The Bertz CT molecular complexity index is 1550. The number of aryl methyl sites for hydroxylation is 1. The maximum absolute atomic E-state index is 13.2. The van der Waals surface area contributed by atoms with Crippen molar-refractivity contribution in [1.29, 1.82) is 0 Å². The van der Waals surface area contributed by atoms with Crippen LogP contribution in [0.1, 0.15) is 38.5 Å². The minimum atomic E-state index is -4.05. The molecule has 0 spiro atoms. The molecule has 8 heteroatoms. The van der Waals surface area contributed by atoms with E-state index in [0.29, 0.717) is 17.0 Å². The number of hydrogen-bond acceptors (Lipinski definition) is 5. The highest BCUT2D eigenvalue weighted by molar-refractivity contribution is 7.92. The number of anilines is 1. The number of nitrogens with zero attached hydrogens (tertiary/aromatic N) is 1. The second kappa shape index (κ2) is 7.84. The van der Waals surface area contributed by atoms with Crippen molar-refractivity contribution in [3.63, 3.8) is 0 Å².